The highest BCUT2D eigenvalue weighted by atomic mass is 35.5. The normalized spacial score (nSPS) is 20.9. The van der Waals surface area contributed by atoms with Crippen molar-refractivity contribution in [2.75, 3.05) is 4.72 Å². The fourth-order valence-corrected chi connectivity index (χ4v) is 6.44. The zero-order chi connectivity index (χ0) is 23.4. The molecule has 0 heterocycles. The smallest absolute Gasteiger partial charge is 0.335 e. The van der Waals surface area contributed by atoms with Crippen molar-refractivity contribution in [3.05, 3.63) is 52.0 Å². The Labute approximate surface area is 197 Å². The van der Waals surface area contributed by atoms with Crippen molar-refractivity contribution in [3.63, 3.8) is 0 Å². The predicted molar refractivity (Wildman–Crippen MR) is 122 cm³/mol. The van der Waals surface area contributed by atoms with Gasteiger partial charge in [-0.1, -0.05) is 24.1 Å². The summed E-state index contributed by atoms with van der Waals surface area (Å²) >= 11 is 6.24. The van der Waals surface area contributed by atoms with Crippen molar-refractivity contribution in [2.24, 2.45) is 5.41 Å². The van der Waals surface area contributed by atoms with Gasteiger partial charge in [-0.2, -0.15) is 5.26 Å². The van der Waals surface area contributed by atoms with E-state index in [1.165, 1.54) is 24.3 Å². The number of carbonyl (C=O) groups is 1. The molecule has 3 fully saturated rings. The molecule has 7 nitrogen and oxygen atoms in total. The van der Waals surface area contributed by atoms with Gasteiger partial charge in [0.2, 0.25) is 0 Å². The summed E-state index contributed by atoms with van der Waals surface area (Å²) in [5.41, 5.74) is 0.893. The highest BCUT2D eigenvalue weighted by Gasteiger charge is 2.52. The van der Waals surface area contributed by atoms with E-state index in [1.807, 2.05) is 6.07 Å². The van der Waals surface area contributed by atoms with E-state index in [0.717, 1.165) is 44.9 Å². The summed E-state index contributed by atoms with van der Waals surface area (Å²) in [7, 11) is -4.16. The van der Waals surface area contributed by atoms with E-state index in [0.29, 0.717) is 5.56 Å². The van der Waals surface area contributed by atoms with Gasteiger partial charge in [-0.15, -0.1) is 0 Å². The molecule has 172 valence electrons. The van der Waals surface area contributed by atoms with Crippen LogP contribution < -0.4 is 9.46 Å². The molecule has 0 radical (unpaired) electrons. The van der Waals surface area contributed by atoms with Crippen molar-refractivity contribution < 1.29 is 23.1 Å². The van der Waals surface area contributed by atoms with Gasteiger partial charge in [0.15, 0.2) is 0 Å². The van der Waals surface area contributed by atoms with Gasteiger partial charge in [0.1, 0.15) is 17.9 Å². The van der Waals surface area contributed by atoms with Gasteiger partial charge >= 0.3 is 5.97 Å². The van der Waals surface area contributed by atoms with E-state index in [-0.39, 0.29) is 49.9 Å². The number of nitrogens with one attached hydrogen (secondary N) is 1. The van der Waals surface area contributed by atoms with Crippen LogP contribution >= 0.6 is 11.6 Å². The van der Waals surface area contributed by atoms with Gasteiger partial charge < -0.3 is 9.84 Å². The van der Waals surface area contributed by atoms with Crippen LogP contribution in [-0.4, -0.2) is 25.6 Å². The molecule has 5 rings (SSSR count). The lowest BCUT2D eigenvalue weighted by Crippen LogP contribution is -2.52. The van der Waals surface area contributed by atoms with E-state index < -0.39 is 16.0 Å². The van der Waals surface area contributed by atoms with Crippen LogP contribution in [0.4, 0.5) is 5.69 Å². The summed E-state index contributed by atoms with van der Waals surface area (Å²) in [5.74, 6) is -0.837. The fourth-order valence-electron chi connectivity index (χ4n) is 4.86. The Balaban J connectivity index is 1.52. The molecule has 2 N–H and O–H groups in total. The molecule has 1 unspecified atom stereocenters. The SMILES string of the molecule is N#Cc1cc(NS(=O)(=O)c2cc(C(=O)O)ccc2C2CC2)c(OC2CCC23CCC3)cc1Cl. The Morgan fingerprint density at radius 1 is 1.18 bits per heavy atom. The minimum absolute atomic E-state index is 0.0177. The quantitative estimate of drug-likeness (QED) is 0.548. The lowest BCUT2D eigenvalue weighted by molar-refractivity contribution is -0.0996. The van der Waals surface area contributed by atoms with Crippen molar-refractivity contribution in [3.8, 4) is 11.8 Å². The summed E-state index contributed by atoms with van der Waals surface area (Å²) in [5, 5.41) is 19.0. The van der Waals surface area contributed by atoms with Crippen LogP contribution in [0.1, 0.15) is 72.3 Å². The second-order valence-electron chi connectivity index (χ2n) is 9.24. The van der Waals surface area contributed by atoms with Gasteiger partial charge in [-0.05, 0) is 68.2 Å². The highest BCUT2D eigenvalue weighted by molar-refractivity contribution is 7.92. The number of benzene rings is 2. The molecule has 3 aliphatic rings. The van der Waals surface area contributed by atoms with Crippen molar-refractivity contribution in [1.82, 2.24) is 0 Å². The number of hydrogen-bond donors (Lipinski definition) is 2. The molecule has 1 atom stereocenters. The van der Waals surface area contributed by atoms with Crippen molar-refractivity contribution in [2.45, 2.75) is 61.9 Å². The number of rotatable bonds is 7. The van der Waals surface area contributed by atoms with Crippen LogP contribution in [0.3, 0.4) is 0 Å². The number of aromatic carboxylic acids is 1. The summed E-state index contributed by atoms with van der Waals surface area (Å²) < 4.78 is 35.7. The molecule has 0 saturated heterocycles. The molecule has 33 heavy (non-hydrogen) atoms. The topological polar surface area (TPSA) is 116 Å². The third-order valence-corrected chi connectivity index (χ3v) is 8.94. The predicted octanol–water partition coefficient (Wildman–Crippen LogP) is 5.30. The molecular formula is C24H23ClN2O5S. The average molecular weight is 487 g/mol. The van der Waals surface area contributed by atoms with E-state index in [4.69, 9.17) is 16.3 Å². The van der Waals surface area contributed by atoms with E-state index in [9.17, 15) is 23.6 Å². The Morgan fingerprint density at radius 2 is 1.94 bits per heavy atom. The molecular weight excluding hydrogens is 464 g/mol. The Hall–Kier alpha value is -2.76. The van der Waals surface area contributed by atoms with Crippen LogP contribution in [0.25, 0.3) is 0 Å². The van der Waals surface area contributed by atoms with Crippen molar-refractivity contribution >= 4 is 33.3 Å². The lowest BCUT2D eigenvalue weighted by Gasteiger charge is -2.55. The molecule has 0 aliphatic heterocycles. The number of nitrogens with zero attached hydrogens (tertiary/aromatic N) is 1. The minimum atomic E-state index is -4.16. The van der Waals surface area contributed by atoms with Crippen LogP contribution in [0.2, 0.25) is 5.02 Å². The van der Waals surface area contributed by atoms with Crippen molar-refractivity contribution in [1.29, 1.82) is 5.26 Å². The molecule has 3 aliphatic carbocycles. The second-order valence-corrected chi connectivity index (χ2v) is 11.3. The first-order valence-electron chi connectivity index (χ1n) is 11.0. The first-order chi connectivity index (χ1) is 15.7. The molecule has 3 saturated carbocycles. The van der Waals surface area contributed by atoms with Crippen LogP contribution in [-0.2, 0) is 10.0 Å². The molecule has 2 aromatic carbocycles. The number of halogens is 1. The Morgan fingerprint density at radius 3 is 2.48 bits per heavy atom. The second kappa shape index (κ2) is 7.93. The Kier molecular flexibility index (Phi) is 5.30. The molecule has 9 heteroatoms. The van der Waals surface area contributed by atoms with Gasteiger partial charge in [0.05, 0.1) is 26.7 Å². The number of ether oxygens (including phenoxy) is 1. The van der Waals surface area contributed by atoms with Gasteiger partial charge in [-0.3, -0.25) is 4.72 Å². The number of sulfonamides is 1. The average Bonchev–Trinajstić information content (AvgIpc) is 3.56. The number of carboxylic acid groups (broad SMARTS) is 1. The lowest BCUT2D eigenvalue weighted by atomic mass is 9.54. The first-order valence-corrected chi connectivity index (χ1v) is 12.9. The highest BCUT2D eigenvalue weighted by Crippen LogP contribution is 2.57. The molecule has 1 spiro atoms. The summed E-state index contributed by atoms with van der Waals surface area (Å²) in [6, 6.07) is 9.02. The monoisotopic (exact) mass is 486 g/mol. The maximum atomic E-state index is 13.5. The standard InChI is InChI=1S/C24H23ClN2O5S/c25-18-12-20(32-22-6-9-24(22)7-1-8-24)19(10-16(18)13-26)27-33(30,31)21-11-15(23(28)29)4-5-17(21)14-2-3-14/h4-5,10-12,14,22,27H,1-3,6-9H2,(H,28,29). The number of carboxylic acids is 1. The minimum Gasteiger partial charge on any atom is -0.488 e. The molecule has 0 amide bonds. The summed E-state index contributed by atoms with van der Waals surface area (Å²) in [6.07, 6.45) is 7.02. The van der Waals surface area contributed by atoms with Gasteiger partial charge in [-0.25, -0.2) is 13.2 Å². The van der Waals surface area contributed by atoms with Gasteiger partial charge in [0.25, 0.3) is 10.0 Å². The number of nitriles is 1. The third kappa shape index (κ3) is 3.94. The zero-order valence-corrected chi connectivity index (χ0v) is 19.4. The summed E-state index contributed by atoms with van der Waals surface area (Å²) in [4.78, 5) is 11.4. The maximum absolute atomic E-state index is 13.5. The van der Waals surface area contributed by atoms with E-state index >= 15 is 0 Å². The number of hydrogen-bond acceptors (Lipinski definition) is 5. The van der Waals surface area contributed by atoms with Gasteiger partial charge in [0, 0.05) is 11.5 Å². The van der Waals surface area contributed by atoms with E-state index in [2.05, 4.69) is 4.72 Å². The van der Waals surface area contributed by atoms with E-state index in [1.54, 1.807) is 6.07 Å². The van der Waals surface area contributed by atoms with Crippen LogP contribution in [0.15, 0.2) is 35.2 Å². The molecule has 0 aromatic heterocycles. The number of anilines is 1. The summed E-state index contributed by atoms with van der Waals surface area (Å²) in [6.45, 7) is 0. The Bertz CT molecular complexity index is 1290. The largest absolute Gasteiger partial charge is 0.488 e. The van der Waals surface area contributed by atoms with Crippen LogP contribution in [0.5, 0.6) is 5.75 Å². The zero-order valence-electron chi connectivity index (χ0n) is 17.8. The fraction of sp³-hybridized carbons (Fsp3) is 0.417. The molecule has 0 bridgehead atoms. The molecule has 2 aromatic rings. The van der Waals surface area contributed by atoms with Crippen LogP contribution in [0, 0.1) is 16.7 Å². The first kappa shape index (κ1) is 22.1. The maximum Gasteiger partial charge on any atom is 0.335 e. The third-order valence-electron chi connectivity index (χ3n) is 7.21.